The summed E-state index contributed by atoms with van der Waals surface area (Å²) in [6.45, 7) is 9.84. The summed E-state index contributed by atoms with van der Waals surface area (Å²) < 4.78 is 5.83. The molecule has 0 aliphatic rings. The first-order valence-corrected chi connectivity index (χ1v) is 7.98. The molecule has 0 unspecified atom stereocenters. The third-order valence-electron chi connectivity index (χ3n) is 4.16. The zero-order valence-corrected chi connectivity index (χ0v) is 14.5. The number of hydrogen-bond acceptors (Lipinski definition) is 2. The van der Waals surface area contributed by atoms with Gasteiger partial charge in [-0.05, 0) is 57.4 Å². The average Bonchev–Trinajstić information content (AvgIpc) is 2.52. The Morgan fingerprint density at radius 1 is 1.00 bits per heavy atom. The predicted molar refractivity (Wildman–Crippen MR) is 93.7 cm³/mol. The summed E-state index contributed by atoms with van der Waals surface area (Å²) in [6, 6.07) is 14.0. The molecule has 122 valence electrons. The molecule has 0 saturated carbocycles. The zero-order valence-electron chi connectivity index (χ0n) is 14.5. The number of amides is 1. The molecule has 2 atom stereocenters. The van der Waals surface area contributed by atoms with E-state index >= 15 is 0 Å². The maximum absolute atomic E-state index is 12.4. The number of carbonyl (C=O) groups excluding carboxylic acids is 1. The summed E-state index contributed by atoms with van der Waals surface area (Å²) >= 11 is 0. The number of hydrogen-bond donors (Lipinski definition) is 1. The molecule has 0 heterocycles. The molecule has 1 amide bonds. The summed E-state index contributed by atoms with van der Waals surface area (Å²) in [6.07, 6.45) is -0.539. The molecule has 3 heteroatoms. The molecular formula is C20H25NO2. The van der Waals surface area contributed by atoms with E-state index in [1.807, 2.05) is 70.2 Å². The van der Waals surface area contributed by atoms with Gasteiger partial charge in [0.1, 0.15) is 5.75 Å². The summed E-state index contributed by atoms with van der Waals surface area (Å²) in [4.78, 5) is 12.4. The van der Waals surface area contributed by atoms with Crippen molar-refractivity contribution in [2.24, 2.45) is 0 Å². The van der Waals surface area contributed by atoms with E-state index in [-0.39, 0.29) is 11.9 Å². The molecule has 0 radical (unpaired) electrons. The van der Waals surface area contributed by atoms with Gasteiger partial charge in [-0.15, -0.1) is 0 Å². The number of nitrogens with one attached hydrogen (secondary N) is 1. The largest absolute Gasteiger partial charge is 0.481 e. The minimum absolute atomic E-state index is 0.0484. The minimum atomic E-state index is -0.539. The number of carbonyl (C=O) groups is 1. The number of benzene rings is 2. The van der Waals surface area contributed by atoms with Crippen LogP contribution in [0.15, 0.2) is 42.5 Å². The third-order valence-corrected chi connectivity index (χ3v) is 4.16. The van der Waals surface area contributed by atoms with Gasteiger partial charge in [0.25, 0.3) is 5.91 Å². The van der Waals surface area contributed by atoms with Crippen LogP contribution in [0.1, 0.15) is 42.1 Å². The van der Waals surface area contributed by atoms with Crippen LogP contribution in [0.4, 0.5) is 0 Å². The number of rotatable bonds is 5. The van der Waals surface area contributed by atoms with E-state index in [0.29, 0.717) is 0 Å². The topological polar surface area (TPSA) is 38.3 Å². The van der Waals surface area contributed by atoms with Crippen molar-refractivity contribution in [1.82, 2.24) is 5.32 Å². The lowest BCUT2D eigenvalue weighted by Gasteiger charge is -2.20. The van der Waals surface area contributed by atoms with E-state index in [1.54, 1.807) is 6.92 Å². The number of ether oxygens (including phenoxy) is 1. The lowest BCUT2D eigenvalue weighted by molar-refractivity contribution is -0.127. The summed E-state index contributed by atoms with van der Waals surface area (Å²) in [5.41, 5.74) is 4.52. The van der Waals surface area contributed by atoms with E-state index in [2.05, 4.69) is 5.32 Å². The van der Waals surface area contributed by atoms with Gasteiger partial charge in [-0.1, -0.05) is 42.0 Å². The molecule has 2 rings (SSSR count). The highest BCUT2D eigenvalue weighted by atomic mass is 16.5. The predicted octanol–water partition coefficient (Wildman–Crippen LogP) is 4.26. The fourth-order valence-electron chi connectivity index (χ4n) is 2.37. The summed E-state index contributed by atoms with van der Waals surface area (Å²) in [5, 5.41) is 3.01. The summed E-state index contributed by atoms with van der Waals surface area (Å²) in [7, 11) is 0. The van der Waals surface area contributed by atoms with Crippen LogP contribution in [0.2, 0.25) is 0 Å². The van der Waals surface area contributed by atoms with E-state index in [0.717, 1.165) is 22.4 Å². The second-order valence-electron chi connectivity index (χ2n) is 6.10. The van der Waals surface area contributed by atoms with Crippen molar-refractivity contribution < 1.29 is 9.53 Å². The molecule has 0 aliphatic heterocycles. The van der Waals surface area contributed by atoms with Crippen molar-refractivity contribution >= 4 is 5.91 Å². The van der Waals surface area contributed by atoms with Crippen molar-refractivity contribution in [2.45, 2.75) is 46.8 Å². The number of aryl methyl sites for hydroxylation is 2. The van der Waals surface area contributed by atoms with Gasteiger partial charge in [0.15, 0.2) is 6.10 Å². The van der Waals surface area contributed by atoms with E-state index < -0.39 is 6.10 Å². The van der Waals surface area contributed by atoms with Gasteiger partial charge >= 0.3 is 0 Å². The van der Waals surface area contributed by atoms with Crippen molar-refractivity contribution in [3.63, 3.8) is 0 Å². The molecule has 2 aromatic rings. The highest BCUT2D eigenvalue weighted by Crippen LogP contribution is 2.22. The molecule has 1 N–H and O–H groups in total. The van der Waals surface area contributed by atoms with Crippen LogP contribution in [-0.2, 0) is 4.79 Å². The Hall–Kier alpha value is -2.29. The van der Waals surface area contributed by atoms with E-state index in [1.165, 1.54) is 5.56 Å². The van der Waals surface area contributed by atoms with Crippen molar-refractivity contribution in [2.75, 3.05) is 0 Å². The van der Waals surface area contributed by atoms with E-state index in [4.69, 9.17) is 4.74 Å². The second-order valence-corrected chi connectivity index (χ2v) is 6.10. The Kier molecular flexibility index (Phi) is 5.43. The SMILES string of the molecule is Cc1ccc([C@H](C)NC(=O)[C@@H](C)Oc2cccc(C)c2C)cc1. The summed E-state index contributed by atoms with van der Waals surface area (Å²) in [5.74, 6) is 0.648. The maximum Gasteiger partial charge on any atom is 0.261 e. The van der Waals surface area contributed by atoms with Gasteiger partial charge in [-0.25, -0.2) is 0 Å². The third kappa shape index (κ3) is 4.35. The van der Waals surface area contributed by atoms with Gasteiger partial charge < -0.3 is 10.1 Å². The molecule has 0 aliphatic carbocycles. The average molecular weight is 311 g/mol. The molecule has 3 nitrogen and oxygen atoms in total. The Morgan fingerprint density at radius 2 is 1.65 bits per heavy atom. The molecule has 2 aromatic carbocycles. The molecule has 0 aromatic heterocycles. The molecule has 0 fully saturated rings. The highest BCUT2D eigenvalue weighted by molar-refractivity contribution is 5.81. The Bertz CT molecular complexity index is 677. The lowest BCUT2D eigenvalue weighted by Crippen LogP contribution is -2.37. The lowest BCUT2D eigenvalue weighted by atomic mass is 10.1. The van der Waals surface area contributed by atoms with Crippen molar-refractivity contribution in [1.29, 1.82) is 0 Å². The molecule has 0 bridgehead atoms. The first-order chi connectivity index (χ1) is 10.9. The van der Waals surface area contributed by atoms with Crippen LogP contribution in [0.3, 0.4) is 0 Å². The fourth-order valence-corrected chi connectivity index (χ4v) is 2.37. The Morgan fingerprint density at radius 3 is 2.30 bits per heavy atom. The van der Waals surface area contributed by atoms with Gasteiger partial charge in [-0.2, -0.15) is 0 Å². The van der Waals surface area contributed by atoms with Crippen LogP contribution in [0.25, 0.3) is 0 Å². The molecule has 23 heavy (non-hydrogen) atoms. The normalized spacial score (nSPS) is 13.3. The fraction of sp³-hybridized carbons (Fsp3) is 0.350. The minimum Gasteiger partial charge on any atom is -0.481 e. The first-order valence-electron chi connectivity index (χ1n) is 7.98. The zero-order chi connectivity index (χ0) is 17.0. The quantitative estimate of drug-likeness (QED) is 0.896. The standard InChI is InChI=1S/C20H25NO2/c1-13-9-11-18(12-10-13)16(4)21-20(22)17(5)23-19-8-6-7-14(2)15(19)3/h6-12,16-17H,1-5H3,(H,21,22)/t16-,17+/m0/s1. The van der Waals surface area contributed by atoms with Gasteiger partial charge in [0, 0.05) is 0 Å². The van der Waals surface area contributed by atoms with Crippen LogP contribution >= 0.6 is 0 Å². The Labute approximate surface area is 138 Å². The van der Waals surface area contributed by atoms with Crippen LogP contribution in [-0.4, -0.2) is 12.0 Å². The van der Waals surface area contributed by atoms with Gasteiger partial charge in [0.05, 0.1) is 6.04 Å². The molecule has 0 spiro atoms. The molecule has 0 saturated heterocycles. The second kappa shape index (κ2) is 7.32. The maximum atomic E-state index is 12.4. The van der Waals surface area contributed by atoms with Crippen molar-refractivity contribution in [3.8, 4) is 5.75 Å². The molecular weight excluding hydrogens is 286 g/mol. The van der Waals surface area contributed by atoms with Gasteiger partial charge in [0.2, 0.25) is 0 Å². The van der Waals surface area contributed by atoms with E-state index in [9.17, 15) is 4.79 Å². The Balaban J connectivity index is 1.99. The van der Waals surface area contributed by atoms with Crippen LogP contribution in [0, 0.1) is 20.8 Å². The smallest absolute Gasteiger partial charge is 0.261 e. The van der Waals surface area contributed by atoms with Crippen LogP contribution in [0.5, 0.6) is 5.75 Å². The van der Waals surface area contributed by atoms with Crippen molar-refractivity contribution in [3.05, 3.63) is 64.7 Å². The van der Waals surface area contributed by atoms with Gasteiger partial charge in [-0.3, -0.25) is 4.79 Å². The first kappa shape index (κ1) is 17.1. The monoisotopic (exact) mass is 311 g/mol. The highest BCUT2D eigenvalue weighted by Gasteiger charge is 2.18. The van der Waals surface area contributed by atoms with Crippen LogP contribution < -0.4 is 10.1 Å².